The second kappa shape index (κ2) is 7.17. The van der Waals surface area contributed by atoms with Gasteiger partial charge in [0, 0.05) is 24.2 Å². The van der Waals surface area contributed by atoms with Gasteiger partial charge in [-0.05, 0) is 37.2 Å². The predicted octanol–water partition coefficient (Wildman–Crippen LogP) is 4.15. The maximum atomic E-state index is 5.47. The zero-order chi connectivity index (χ0) is 15.3. The molecule has 0 aliphatic heterocycles. The Hall–Kier alpha value is -1.22. The van der Waals surface area contributed by atoms with Crippen LogP contribution in [-0.2, 0) is 6.54 Å². The van der Waals surface area contributed by atoms with Gasteiger partial charge < -0.3 is 14.8 Å². The Balaban J connectivity index is 1.93. The first kappa shape index (κ1) is 16.2. The minimum absolute atomic E-state index is 0.508. The van der Waals surface area contributed by atoms with Crippen LogP contribution in [0.25, 0.3) is 0 Å². The minimum atomic E-state index is 0.508. The predicted molar refractivity (Wildman–Crippen MR) is 87.0 cm³/mol. The highest BCUT2D eigenvalue weighted by molar-refractivity contribution is 5.40. The fourth-order valence-electron chi connectivity index (χ4n) is 3.12. The van der Waals surface area contributed by atoms with Crippen molar-refractivity contribution in [3.63, 3.8) is 0 Å². The van der Waals surface area contributed by atoms with E-state index in [-0.39, 0.29) is 0 Å². The van der Waals surface area contributed by atoms with Gasteiger partial charge in [-0.25, -0.2) is 0 Å². The highest BCUT2D eigenvalue weighted by Crippen LogP contribution is 2.34. The third kappa shape index (κ3) is 4.63. The summed E-state index contributed by atoms with van der Waals surface area (Å²) in [6.07, 6.45) is 6.53. The lowest BCUT2D eigenvalue weighted by Gasteiger charge is -2.22. The largest absolute Gasteiger partial charge is 0.497 e. The summed E-state index contributed by atoms with van der Waals surface area (Å²) in [7, 11) is 3.40. The normalized spacial score (nSPS) is 21.6. The van der Waals surface area contributed by atoms with Gasteiger partial charge in [-0.3, -0.25) is 0 Å². The van der Waals surface area contributed by atoms with E-state index in [0.717, 1.165) is 18.0 Å². The van der Waals surface area contributed by atoms with Crippen LogP contribution in [0.2, 0.25) is 0 Å². The molecule has 0 amide bonds. The van der Waals surface area contributed by atoms with Gasteiger partial charge in [-0.1, -0.05) is 26.3 Å². The molecule has 2 rings (SSSR count). The molecular formula is C18H29NO2. The van der Waals surface area contributed by atoms with Gasteiger partial charge in [0.1, 0.15) is 11.5 Å². The molecule has 21 heavy (non-hydrogen) atoms. The Labute approximate surface area is 129 Å². The zero-order valence-electron chi connectivity index (χ0n) is 13.9. The van der Waals surface area contributed by atoms with E-state index in [4.69, 9.17) is 9.47 Å². The number of rotatable bonds is 5. The Bertz CT molecular complexity index is 457. The molecule has 1 fully saturated rings. The molecule has 1 aromatic rings. The smallest absolute Gasteiger partial charge is 0.127 e. The van der Waals surface area contributed by atoms with Crippen LogP contribution in [0.1, 0.15) is 51.5 Å². The summed E-state index contributed by atoms with van der Waals surface area (Å²) in [6.45, 7) is 5.64. The van der Waals surface area contributed by atoms with Crippen molar-refractivity contribution < 1.29 is 9.47 Å². The number of ether oxygens (including phenoxy) is 2. The molecule has 1 saturated carbocycles. The highest BCUT2D eigenvalue weighted by atomic mass is 16.5. The first-order valence-corrected chi connectivity index (χ1v) is 7.98. The molecule has 1 aliphatic rings. The van der Waals surface area contributed by atoms with Crippen LogP contribution in [0.3, 0.4) is 0 Å². The van der Waals surface area contributed by atoms with E-state index in [1.807, 2.05) is 12.1 Å². The molecule has 1 unspecified atom stereocenters. The number of nitrogens with one attached hydrogen (secondary N) is 1. The van der Waals surface area contributed by atoms with E-state index in [9.17, 15) is 0 Å². The first-order valence-electron chi connectivity index (χ1n) is 7.98. The van der Waals surface area contributed by atoms with Crippen molar-refractivity contribution in [1.29, 1.82) is 0 Å². The third-order valence-electron chi connectivity index (χ3n) is 4.65. The SMILES string of the molecule is COc1ccc(CNC2CCCC(C)(C)CC2)c(OC)c1. The molecule has 0 bridgehead atoms. The van der Waals surface area contributed by atoms with Crippen LogP contribution < -0.4 is 14.8 Å². The molecule has 3 nitrogen and oxygen atoms in total. The van der Waals surface area contributed by atoms with E-state index in [0.29, 0.717) is 11.5 Å². The average Bonchev–Trinajstić information content (AvgIpc) is 2.65. The van der Waals surface area contributed by atoms with Crippen LogP contribution in [0.5, 0.6) is 11.5 Å². The van der Waals surface area contributed by atoms with Crippen molar-refractivity contribution in [2.24, 2.45) is 5.41 Å². The summed E-state index contributed by atoms with van der Waals surface area (Å²) in [5.74, 6) is 1.74. The molecule has 0 aromatic heterocycles. The van der Waals surface area contributed by atoms with E-state index in [1.54, 1.807) is 14.2 Å². The summed E-state index contributed by atoms with van der Waals surface area (Å²) in [5, 5.41) is 3.71. The Morgan fingerprint density at radius 3 is 2.67 bits per heavy atom. The monoisotopic (exact) mass is 291 g/mol. The zero-order valence-corrected chi connectivity index (χ0v) is 13.9. The lowest BCUT2D eigenvalue weighted by molar-refractivity contribution is 0.309. The molecular weight excluding hydrogens is 262 g/mol. The number of hydrogen-bond acceptors (Lipinski definition) is 3. The lowest BCUT2D eigenvalue weighted by atomic mass is 9.85. The molecule has 1 aromatic carbocycles. The standard InChI is InChI=1S/C18H29NO2/c1-18(2)10-5-6-15(9-11-18)19-13-14-7-8-16(20-3)12-17(14)21-4/h7-8,12,15,19H,5-6,9-11,13H2,1-4H3. The number of benzene rings is 1. The summed E-state index contributed by atoms with van der Waals surface area (Å²) < 4.78 is 10.7. The van der Waals surface area contributed by atoms with Crippen molar-refractivity contribution in [1.82, 2.24) is 5.32 Å². The number of methoxy groups -OCH3 is 2. The van der Waals surface area contributed by atoms with Gasteiger partial charge in [-0.15, -0.1) is 0 Å². The molecule has 0 spiro atoms. The van der Waals surface area contributed by atoms with Gasteiger partial charge in [0.2, 0.25) is 0 Å². The summed E-state index contributed by atoms with van der Waals surface area (Å²) in [6, 6.07) is 6.66. The molecule has 1 atom stereocenters. The van der Waals surface area contributed by atoms with Crippen LogP contribution in [0.4, 0.5) is 0 Å². The number of hydrogen-bond donors (Lipinski definition) is 1. The molecule has 0 radical (unpaired) electrons. The van der Waals surface area contributed by atoms with Crippen molar-refractivity contribution in [3.05, 3.63) is 23.8 Å². The van der Waals surface area contributed by atoms with Crippen molar-refractivity contribution >= 4 is 0 Å². The second-order valence-corrected chi connectivity index (χ2v) is 6.85. The molecule has 3 heteroatoms. The highest BCUT2D eigenvalue weighted by Gasteiger charge is 2.24. The first-order chi connectivity index (χ1) is 10.0. The average molecular weight is 291 g/mol. The van der Waals surface area contributed by atoms with E-state index >= 15 is 0 Å². The van der Waals surface area contributed by atoms with Gasteiger partial charge in [0.25, 0.3) is 0 Å². The minimum Gasteiger partial charge on any atom is -0.497 e. The maximum absolute atomic E-state index is 5.47. The van der Waals surface area contributed by atoms with E-state index in [1.165, 1.54) is 37.7 Å². The molecule has 0 saturated heterocycles. The van der Waals surface area contributed by atoms with Gasteiger partial charge in [0.05, 0.1) is 14.2 Å². The fraction of sp³-hybridized carbons (Fsp3) is 0.667. The lowest BCUT2D eigenvalue weighted by Crippen LogP contribution is -2.28. The van der Waals surface area contributed by atoms with Gasteiger partial charge >= 0.3 is 0 Å². The van der Waals surface area contributed by atoms with Crippen LogP contribution >= 0.6 is 0 Å². The van der Waals surface area contributed by atoms with Gasteiger partial charge in [0.15, 0.2) is 0 Å². The second-order valence-electron chi connectivity index (χ2n) is 6.85. The molecule has 1 N–H and O–H groups in total. The molecule has 118 valence electrons. The quantitative estimate of drug-likeness (QED) is 0.827. The molecule has 1 aliphatic carbocycles. The van der Waals surface area contributed by atoms with Crippen molar-refractivity contribution in [3.8, 4) is 11.5 Å². The van der Waals surface area contributed by atoms with E-state index < -0.39 is 0 Å². The summed E-state index contributed by atoms with van der Waals surface area (Å²) in [5.41, 5.74) is 1.70. The van der Waals surface area contributed by atoms with Gasteiger partial charge in [-0.2, -0.15) is 0 Å². The third-order valence-corrected chi connectivity index (χ3v) is 4.65. The summed E-state index contributed by atoms with van der Waals surface area (Å²) >= 11 is 0. The van der Waals surface area contributed by atoms with Crippen molar-refractivity contribution in [2.45, 2.75) is 58.5 Å². The fourth-order valence-corrected chi connectivity index (χ4v) is 3.12. The van der Waals surface area contributed by atoms with Crippen LogP contribution in [-0.4, -0.2) is 20.3 Å². The topological polar surface area (TPSA) is 30.5 Å². The van der Waals surface area contributed by atoms with Crippen LogP contribution in [0.15, 0.2) is 18.2 Å². The van der Waals surface area contributed by atoms with E-state index in [2.05, 4.69) is 25.2 Å². The summed E-state index contributed by atoms with van der Waals surface area (Å²) in [4.78, 5) is 0. The Kier molecular flexibility index (Phi) is 5.51. The van der Waals surface area contributed by atoms with Crippen molar-refractivity contribution in [2.75, 3.05) is 14.2 Å². The Morgan fingerprint density at radius 1 is 1.14 bits per heavy atom. The molecule has 0 heterocycles. The van der Waals surface area contributed by atoms with Crippen LogP contribution in [0, 0.1) is 5.41 Å². The maximum Gasteiger partial charge on any atom is 0.127 e. The Morgan fingerprint density at radius 2 is 1.95 bits per heavy atom.